The van der Waals surface area contributed by atoms with Gasteiger partial charge in [-0.05, 0) is 18.1 Å². The van der Waals surface area contributed by atoms with Gasteiger partial charge in [-0.3, -0.25) is 10.1 Å². The molecule has 106 valence electrons. The van der Waals surface area contributed by atoms with Crippen molar-refractivity contribution in [2.45, 2.75) is 20.3 Å². The molecule has 0 aromatic carbocycles. The zero-order valence-corrected chi connectivity index (χ0v) is 12.3. The first-order valence-corrected chi connectivity index (χ1v) is 6.57. The van der Waals surface area contributed by atoms with Crippen molar-refractivity contribution in [3.05, 3.63) is 38.2 Å². The maximum absolute atomic E-state index is 11.1. The second-order valence-corrected chi connectivity index (χ2v) is 5.31. The number of halogens is 2. The molecule has 0 aliphatic carbocycles. The molecule has 0 radical (unpaired) electrons. The van der Waals surface area contributed by atoms with Crippen molar-refractivity contribution in [3.8, 4) is 5.82 Å². The lowest BCUT2D eigenvalue weighted by Gasteiger charge is -2.00. The van der Waals surface area contributed by atoms with Crippen molar-refractivity contribution < 1.29 is 4.92 Å². The quantitative estimate of drug-likeness (QED) is 0.639. The van der Waals surface area contributed by atoms with Crippen LogP contribution in [0.4, 0.5) is 5.69 Å². The Bertz CT molecular complexity index is 639. The van der Waals surface area contributed by atoms with Crippen molar-refractivity contribution in [2.75, 3.05) is 0 Å². The Labute approximate surface area is 124 Å². The van der Waals surface area contributed by atoms with Crippen LogP contribution in [-0.2, 0) is 6.42 Å². The van der Waals surface area contributed by atoms with Gasteiger partial charge in [0.25, 0.3) is 0 Å². The minimum atomic E-state index is -0.535. The van der Waals surface area contributed by atoms with E-state index in [0.29, 0.717) is 12.1 Å². The summed E-state index contributed by atoms with van der Waals surface area (Å²) >= 11 is 11.7. The highest BCUT2D eigenvalue weighted by atomic mass is 35.5. The third-order valence-corrected chi connectivity index (χ3v) is 3.04. The molecule has 0 aliphatic heterocycles. The Hall–Kier alpha value is -1.73. The molecule has 0 saturated heterocycles. The van der Waals surface area contributed by atoms with Crippen LogP contribution < -0.4 is 0 Å². The normalized spacial score (nSPS) is 11.1. The number of nitro groups is 1. The fourth-order valence-corrected chi connectivity index (χ4v) is 2.11. The lowest BCUT2D eigenvalue weighted by molar-refractivity contribution is -0.385. The summed E-state index contributed by atoms with van der Waals surface area (Å²) in [5.74, 6) is 0.488. The van der Waals surface area contributed by atoms with Crippen LogP contribution >= 0.6 is 23.2 Å². The van der Waals surface area contributed by atoms with Crippen LogP contribution in [0.3, 0.4) is 0 Å². The minimum Gasteiger partial charge on any atom is -0.258 e. The fourth-order valence-electron chi connectivity index (χ4n) is 1.71. The van der Waals surface area contributed by atoms with Gasteiger partial charge in [0.2, 0.25) is 5.15 Å². The second kappa shape index (κ2) is 5.72. The van der Waals surface area contributed by atoms with E-state index in [2.05, 4.69) is 15.3 Å². The summed E-state index contributed by atoms with van der Waals surface area (Å²) in [5, 5.41) is 22.9. The standard InChI is InChI=1S/C11H11Cl2N5O2/c1-6(2)5-7-10(18(19)20)11(13)17(16-7)9-4-3-8(12)14-15-9/h3-4,6H,5H2,1-2H3. The number of hydrogen-bond donors (Lipinski definition) is 0. The van der Waals surface area contributed by atoms with Crippen molar-refractivity contribution in [1.29, 1.82) is 0 Å². The summed E-state index contributed by atoms with van der Waals surface area (Å²) in [6.07, 6.45) is 0.448. The van der Waals surface area contributed by atoms with E-state index in [9.17, 15) is 10.1 Å². The maximum atomic E-state index is 11.1. The molecule has 0 aliphatic rings. The van der Waals surface area contributed by atoms with Crippen molar-refractivity contribution in [3.63, 3.8) is 0 Å². The highest BCUT2D eigenvalue weighted by molar-refractivity contribution is 6.32. The van der Waals surface area contributed by atoms with Gasteiger partial charge >= 0.3 is 5.69 Å². The first-order chi connectivity index (χ1) is 9.40. The lowest BCUT2D eigenvalue weighted by Crippen LogP contribution is -2.02. The number of nitrogens with zero attached hydrogens (tertiary/aromatic N) is 5. The molecule has 7 nitrogen and oxygen atoms in total. The predicted octanol–water partition coefficient (Wildman–Crippen LogP) is 3.08. The Morgan fingerprint density at radius 3 is 2.55 bits per heavy atom. The van der Waals surface area contributed by atoms with Gasteiger partial charge in [0.1, 0.15) is 5.69 Å². The third-order valence-electron chi connectivity index (χ3n) is 2.49. The Morgan fingerprint density at radius 1 is 1.35 bits per heavy atom. The maximum Gasteiger partial charge on any atom is 0.329 e. The van der Waals surface area contributed by atoms with Crippen LogP contribution in [0.1, 0.15) is 19.5 Å². The summed E-state index contributed by atoms with van der Waals surface area (Å²) in [5.41, 5.74) is 0.129. The van der Waals surface area contributed by atoms with E-state index in [4.69, 9.17) is 23.2 Å². The van der Waals surface area contributed by atoms with Gasteiger partial charge in [-0.2, -0.15) is 9.78 Å². The van der Waals surface area contributed by atoms with Gasteiger partial charge in [-0.1, -0.05) is 37.0 Å². The molecule has 0 amide bonds. The van der Waals surface area contributed by atoms with Crippen molar-refractivity contribution >= 4 is 28.9 Å². The molecule has 0 spiro atoms. The van der Waals surface area contributed by atoms with Crippen LogP contribution in [-0.4, -0.2) is 24.9 Å². The van der Waals surface area contributed by atoms with Gasteiger partial charge in [0.05, 0.1) is 4.92 Å². The van der Waals surface area contributed by atoms with E-state index in [-0.39, 0.29) is 27.7 Å². The van der Waals surface area contributed by atoms with Gasteiger partial charge in [-0.15, -0.1) is 10.2 Å². The molecule has 2 aromatic heterocycles. The SMILES string of the molecule is CC(C)Cc1nn(-c2ccc(Cl)nn2)c(Cl)c1[N+](=O)[O-]. The Balaban J connectivity index is 2.54. The summed E-state index contributed by atoms with van der Waals surface area (Å²) < 4.78 is 1.20. The van der Waals surface area contributed by atoms with Crippen LogP contribution in [0.15, 0.2) is 12.1 Å². The van der Waals surface area contributed by atoms with Gasteiger partial charge in [0.15, 0.2) is 11.0 Å². The Kier molecular flexibility index (Phi) is 4.20. The summed E-state index contributed by atoms with van der Waals surface area (Å²) in [4.78, 5) is 10.6. The summed E-state index contributed by atoms with van der Waals surface area (Å²) in [6.45, 7) is 3.89. The lowest BCUT2D eigenvalue weighted by atomic mass is 10.1. The number of aromatic nitrogens is 4. The molecule has 9 heteroatoms. The van der Waals surface area contributed by atoms with Crippen LogP contribution in [0.2, 0.25) is 10.3 Å². The molecule has 20 heavy (non-hydrogen) atoms. The molecular formula is C11H11Cl2N5O2. The van der Waals surface area contributed by atoms with E-state index >= 15 is 0 Å². The van der Waals surface area contributed by atoms with Crippen LogP contribution in [0, 0.1) is 16.0 Å². The van der Waals surface area contributed by atoms with E-state index in [0.717, 1.165) is 0 Å². The van der Waals surface area contributed by atoms with Gasteiger partial charge in [0, 0.05) is 6.42 Å². The van der Waals surface area contributed by atoms with Gasteiger partial charge < -0.3 is 0 Å². The topological polar surface area (TPSA) is 86.7 Å². The first-order valence-electron chi connectivity index (χ1n) is 5.81. The molecule has 0 fully saturated rings. The van der Waals surface area contributed by atoms with E-state index < -0.39 is 4.92 Å². The molecule has 0 N–H and O–H groups in total. The third kappa shape index (κ3) is 2.88. The number of rotatable bonds is 4. The fraction of sp³-hybridized carbons (Fsp3) is 0.364. The van der Waals surface area contributed by atoms with E-state index in [1.807, 2.05) is 13.8 Å². The van der Waals surface area contributed by atoms with E-state index in [1.54, 1.807) is 0 Å². The summed E-state index contributed by atoms with van der Waals surface area (Å²) in [7, 11) is 0. The molecule has 0 saturated carbocycles. The summed E-state index contributed by atoms with van der Waals surface area (Å²) in [6, 6.07) is 3.05. The number of hydrogen-bond acceptors (Lipinski definition) is 5. The van der Waals surface area contributed by atoms with Crippen LogP contribution in [0.25, 0.3) is 5.82 Å². The molecular weight excluding hydrogens is 305 g/mol. The molecule has 2 aromatic rings. The largest absolute Gasteiger partial charge is 0.329 e. The molecule has 0 unspecified atom stereocenters. The Morgan fingerprint density at radius 2 is 2.05 bits per heavy atom. The van der Waals surface area contributed by atoms with Gasteiger partial charge in [-0.25, -0.2) is 0 Å². The zero-order valence-electron chi connectivity index (χ0n) is 10.7. The molecule has 0 bridgehead atoms. The highest BCUT2D eigenvalue weighted by Gasteiger charge is 2.28. The minimum absolute atomic E-state index is 0.0951. The molecule has 2 rings (SSSR count). The van der Waals surface area contributed by atoms with Crippen molar-refractivity contribution in [2.24, 2.45) is 5.92 Å². The molecule has 2 heterocycles. The van der Waals surface area contributed by atoms with E-state index in [1.165, 1.54) is 16.8 Å². The predicted molar refractivity (Wildman–Crippen MR) is 74.4 cm³/mol. The highest BCUT2D eigenvalue weighted by Crippen LogP contribution is 2.31. The molecule has 0 atom stereocenters. The van der Waals surface area contributed by atoms with Crippen LogP contribution in [0.5, 0.6) is 0 Å². The van der Waals surface area contributed by atoms with Crippen molar-refractivity contribution in [1.82, 2.24) is 20.0 Å². The smallest absolute Gasteiger partial charge is 0.258 e. The first kappa shape index (κ1) is 14.7. The average molecular weight is 316 g/mol. The second-order valence-electron chi connectivity index (χ2n) is 4.57. The monoisotopic (exact) mass is 315 g/mol. The zero-order chi connectivity index (χ0) is 14.9. The average Bonchev–Trinajstić information content (AvgIpc) is 2.66.